The molecule has 2 aromatic rings. The molecule has 1 fully saturated rings. The first kappa shape index (κ1) is 16.2. The summed E-state index contributed by atoms with van der Waals surface area (Å²) in [7, 11) is 3.91. The predicted octanol–water partition coefficient (Wildman–Crippen LogP) is 4.23. The SMILES string of the molecule is COc1cccc2c1Oc1ccccc1C21CCN(C)CC1.Cl. The van der Waals surface area contributed by atoms with Gasteiger partial charge in [-0.2, -0.15) is 0 Å². The Balaban J connectivity index is 0.00000156. The summed E-state index contributed by atoms with van der Waals surface area (Å²) >= 11 is 0. The molecular formula is C19H22ClNO2. The molecule has 0 aliphatic carbocycles. The zero-order valence-electron chi connectivity index (χ0n) is 13.5. The lowest BCUT2D eigenvalue weighted by Gasteiger charge is -2.45. The van der Waals surface area contributed by atoms with E-state index in [-0.39, 0.29) is 17.8 Å². The summed E-state index contributed by atoms with van der Waals surface area (Å²) in [6, 6.07) is 14.7. The average molecular weight is 332 g/mol. The zero-order valence-corrected chi connectivity index (χ0v) is 14.4. The molecule has 0 aromatic heterocycles. The minimum Gasteiger partial charge on any atom is -0.493 e. The van der Waals surface area contributed by atoms with Crippen molar-refractivity contribution in [1.82, 2.24) is 4.90 Å². The number of piperidine rings is 1. The number of methoxy groups -OCH3 is 1. The van der Waals surface area contributed by atoms with E-state index < -0.39 is 0 Å². The summed E-state index contributed by atoms with van der Waals surface area (Å²) in [6.07, 6.45) is 2.23. The van der Waals surface area contributed by atoms with Crippen LogP contribution in [-0.4, -0.2) is 32.1 Å². The number of fused-ring (bicyclic) bond motifs is 4. The second-order valence-electron chi connectivity index (χ2n) is 6.32. The van der Waals surface area contributed by atoms with Crippen molar-refractivity contribution < 1.29 is 9.47 Å². The molecule has 2 aliphatic heterocycles. The van der Waals surface area contributed by atoms with E-state index in [0.29, 0.717) is 0 Å². The smallest absolute Gasteiger partial charge is 0.173 e. The highest BCUT2D eigenvalue weighted by Gasteiger charge is 2.44. The molecule has 4 rings (SSSR count). The molecule has 1 spiro atoms. The molecule has 4 heteroatoms. The van der Waals surface area contributed by atoms with E-state index in [4.69, 9.17) is 9.47 Å². The largest absolute Gasteiger partial charge is 0.493 e. The van der Waals surface area contributed by atoms with Crippen LogP contribution in [0, 0.1) is 0 Å². The van der Waals surface area contributed by atoms with Crippen LogP contribution in [0.5, 0.6) is 17.2 Å². The fraction of sp³-hybridized carbons (Fsp3) is 0.368. The predicted molar refractivity (Wildman–Crippen MR) is 94.3 cm³/mol. The van der Waals surface area contributed by atoms with E-state index >= 15 is 0 Å². The Labute approximate surface area is 143 Å². The van der Waals surface area contributed by atoms with Crippen LogP contribution in [0.3, 0.4) is 0 Å². The Morgan fingerprint density at radius 2 is 1.70 bits per heavy atom. The molecular weight excluding hydrogens is 310 g/mol. The van der Waals surface area contributed by atoms with Gasteiger partial charge in [0, 0.05) is 16.5 Å². The van der Waals surface area contributed by atoms with Crippen LogP contribution in [0.2, 0.25) is 0 Å². The number of likely N-dealkylation sites (tertiary alicyclic amines) is 1. The second kappa shape index (κ2) is 6.06. The summed E-state index contributed by atoms with van der Waals surface area (Å²) < 4.78 is 11.8. The number of nitrogens with zero attached hydrogens (tertiary/aromatic N) is 1. The van der Waals surface area contributed by atoms with E-state index in [1.54, 1.807) is 7.11 Å². The summed E-state index contributed by atoms with van der Waals surface area (Å²) in [4.78, 5) is 2.41. The first-order valence-corrected chi connectivity index (χ1v) is 7.88. The molecule has 2 aromatic carbocycles. The summed E-state index contributed by atoms with van der Waals surface area (Å²) in [5.41, 5.74) is 2.65. The third kappa shape index (κ3) is 2.39. The number of rotatable bonds is 1. The molecule has 23 heavy (non-hydrogen) atoms. The van der Waals surface area contributed by atoms with Crippen LogP contribution in [0.4, 0.5) is 0 Å². The number of para-hydroxylation sites is 2. The highest BCUT2D eigenvalue weighted by molar-refractivity contribution is 5.85. The van der Waals surface area contributed by atoms with Gasteiger partial charge in [-0.15, -0.1) is 12.4 Å². The van der Waals surface area contributed by atoms with Gasteiger partial charge in [-0.25, -0.2) is 0 Å². The van der Waals surface area contributed by atoms with E-state index in [9.17, 15) is 0 Å². The van der Waals surface area contributed by atoms with Crippen molar-refractivity contribution in [3.8, 4) is 17.2 Å². The Morgan fingerprint density at radius 3 is 2.43 bits per heavy atom. The normalized spacial score (nSPS) is 18.3. The van der Waals surface area contributed by atoms with Gasteiger partial charge < -0.3 is 14.4 Å². The van der Waals surface area contributed by atoms with Crippen LogP contribution in [-0.2, 0) is 5.41 Å². The maximum absolute atomic E-state index is 6.22. The van der Waals surface area contributed by atoms with E-state index in [2.05, 4.69) is 42.3 Å². The lowest BCUT2D eigenvalue weighted by Crippen LogP contribution is -2.43. The number of benzene rings is 2. The van der Waals surface area contributed by atoms with Gasteiger partial charge in [0.2, 0.25) is 0 Å². The van der Waals surface area contributed by atoms with Gasteiger partial charge in [-0.05, 0) is 45.1 Å². The first-order valence-electron chi connectivity index (χ1n) is 7.88. The van der Waals surface area contributed by atoms with Gasteiger partial charge in [0.25, 0.3) is 0 Å². The average Bonchev–Trinajstić information content (AvgIpc) is 2.57. The summed E-state index contributed by atoms with van der Waals surface area (Å²) in [5, 5.41) is 0. The molecule has 0 radical (unpaired) electrons. The molecule has 1 saturated heterocycles. The number of halogens is 1. The number of ether oxygens (including phenoxy) is 2. The van der Waals surface area contributed by atoms with Gasteiger partial charge in [-0.3, -0.25) is 0 Å². The number of hydrogen-bond donors (Lipinski definition) is 0. The van der Waals surface area contributed by atoms with Crippen LogP contribution < -0.4 is 9.47 Å². The highest BCUT2D eigenvalue weighted by atomic mass is 35.5. The van der Waals surface area contributed by atoms with Gasteiger partial charge >= 0.3 is 0 Å². The molecule has 2 aliphatic rings. The van der Waals surface area contributed by atoms with Crippen molar-refractivity contribution in [3.63, 3.8) is 0 Å². The number of hydrogen-bond acceptors (Lipinski definition) is 3. The van der Waals surface area contributed by atoms with Crippen LogP contribution in [0.1, 0.15) is 24.0 Å². The van der Waals surface area contributed by atoms with E-state index in [1.165, 1.54) is 11.1 Å². The Bertz CT molecular complexity index is 708. The fourth-order valence-corrected chi connectivity index (χ4v) is 3.90. The molecule has 0 bridgehead atoms. The van der Waals surface area contributed by atoms with Crippen molar-refractivity contribution in [2.75, 3.05) is 27.2 Å². The Morgan fingerprint density at radius 1 is 1.00 bits per heavy atom. The van der Waals surface area contributed by atoms with Crippen LogP contribution in [0.15, 0.2) is 42.5 Å². The van der Waals surface area contributed by atoms with E-state index in [1.807, 2.05) is 12.1 Å². The van der Waals surface area contributed by atoms with Crippen molar-refractivity contribution >= 4 is 12.4 Å². The third-order valence-electron chi connectivity index (χ3n) is 5.17. The fourth-order valence-electron chi connectivity index (χ4n) is 3.90. The van der Waals surface area contributed by atoms with Gasteiger partial charge in [0.05, 0.1) is 7.11 Å². The minimum atomic E-state index is 0. The molecule has 2 heterocycles. The molecule has 122 valence electrons. The molecule has 0 unspecified atom stereocenters. The minimum absolute atomic E-state index is 0. The van der Waals surface area contributed by atoms with Gasteiger partial charge in [0.15, 0.2) is 11.5 Å². The highest BCUT2D eigenvalue weighted by Crippen LogP contribution is 2.55. The van der Waals surface area contributed by atoms with Crippen LogP contribution in [0.25, 0.3) is 0 Å². The van der Waals surface area contributed by atoms with E-state index in [0.717, 1.165) is 43.2 Å². The standard InChI is InChI=1S/C19H21NO2.ClH/c1-20-12-10-19(11-13-20)14-6-3-4-8-16(14)22-18-15(19)7-5-9-17(18)21-2;/h3-9H,10-13H2,1-2H3;1H. The Hall–Kier alpha value is -1.71. The van der Waals surface area contributed by atoms with Crippen LogP contribution >= 0.6 is 12.4 Å². The summed E-state index contributed by atoms with van der Waals surface area (Å²) in [6.45, 7) is 2.20. The third-order valence-corrected chi connectivity index (χ3v) is 5.17. The van der Waals surface area contributed by atoms with Crippen molar-refractivity contribution in [2.24, 2.45) is 0 Å². The zero-order chi connectivity index (χ0) is 15.2. The molecule has 0 saturated carbocycles. The topological polar surface area (TPSA) is 21.7 Å². The maximum Gasteiger partial charge on any atom is 0.173 e. The molecule has 0 N–H and O–H groups in total. The Kier molecular flexibility index (Phi) is 4.26. The molecule has 3 nitrogen and oxygen atoms in total. The maximum atomic E-state index is 6.22. The van der Waals surface area contributed by atoms with Crippen molar-refractivity contribution in [2.45, 2.75) is 18.3 Å². The monoisotopic (exact) mass is 331 g/mol. The quantitative estimate of drug-likeness (QED) is 0.780. The second-order valence-corrected chi connectivity index (χ2v) is 6.32. The summed E-state index contributed by atoms with van der Waals surface area (Å²) in [5.74, 6) is 2.70. The first-order chi connectivity index (χ1) is 10.7. The molecule has 0 atom stereocenters. The van der Waals surface area contributed by atoms with Crippen molar-refractivity contribution in [3.05, 3.63) is 53.6 Å². The molecule has 0 amide bonds. The van der Waals surface area contributed by atoms with Gasteiger partial charge in [0.1, 0.15) is 5.75 Å². The van der Waals surface area contributed by atoms with Gasteiger partial charge in [-0.1, -0.05) is 30.3 Å². The van der Waals surface area contributed by atoms with Crippen molar-refractivity contribution in [1.29, 1.82) is 0 Å². The lowest BCUT2D eigenvalue weighted by atomic mass is 9.66. The lowest BCUT2D eigenvalue weighted by molar-refractivity contribution is 0.201.